The summed E-state index contributed by atoms with van der Waals surface area (Å²) in [5, 5.41) is 49.6. The molecule has 23 heteroatoms. The number of rotatable bonds is 14. The van der Waals surface area contributed by atoms with E-state index in [0.717, 1.165) is 0 Å². The van der Waals surface area contributed by atoms with E-state index in [9.17, 15) is 29.6 Å². The van der Waals surface area contributed by atoms with Crippen LogP contribution in [0.1, 0.15) is 24.6 Å². The molecule has 0 aliphatic carbocycles. The summed E-state index contributed by atoms with van der Waals surface area (Å²) in [6.45, 7) is -0.383. The van der Waals surface area contributed by atoms with Crippen molar-refractivity contribution in [3.05, 3.63) is 43.2 Å². The van der Waals surface area contributed by atoms with Gasteiger partial charge < -0.3 is 35.2 Å². The first kappa shape index (κ1) is 35.1. The number of fused-ring (bicyclic) bond motifs is 2. The van der Waals surface area contributed by atoms with Crippen LogP contribution in [0.15, 0.2) is 37.5 Å². The van der Waals surface area contributed by atoms with Gasteiger partial charge in [-0.25, -0.2) is 29.9 Å². The fraction of sp³-hybridized carbons (Fsp3) is 0.520. The lowest BCUT2D eigenvalue weighted by Crippen LogP contribution is -2.42. The zero-order valence-electron chi connectivity index (χ0n) is 24.9. The molecular formula is C25H33N11O8P2S2+2. The second kappa shape index (κ2) is 15.4. The number of aromatic nitrogens is 8. The van der Waals surface area contributed by atoms with E-state index in [1.807, 2.05) is 12.2 Å². The van der Waals surface area contributed by atoms with E-state index >= 15 is 0 Å². The number of anilines is 1. The predicted octanol–water partition coefficient (Wildman–Crippen LogP) is 0.159. The quantitative estimate of drug-likeness (QED) is 0.0474. The summed E-state index contributed by atoms with van der Waals surface area (Å²) in [5.74, 6) is 0.462. The normalized spacial score (nSPS) is 28.2. The van der Waals surface area contributed by atoms with Crippen molar-refractivity contribution in [2.75, 3.05) is 25.1 Å². The molecule has 2 fully saturated rings. The van der Waals surface area contributed by atoms with Gasteiger partial charge in [0.05, 0.1) is 31.6 Å². The summed E-state index contributed by atoms with van der Waals surface area (Å²) in [4.78, 5) is 26.2. The maximum atomic E-state index is 11.6. The van der Waals surface area contributed by atoms with E-state index in [0.29, 0.717) is 53.2 Å². The van der Waals surface area contributed by atoms with Crippen molar-refractivity contribution in [3.8, 4) is 0 Å². The Bertz CT molecular complexity index is 1690. The molecule has 7 N–H and O–H groups in total. The number of hydrogen-bond acceptors (Lipinski definition) is 15. The van der Waals surface area contributed by atoms with Gasteiger partial charge in [-0.15, -0.1) is 0 Å². The zero-order chi connectivity index (χ0) is 33.9. The molecule has 2 aliphatic rings. The molecule has 2 unspecified atom stereocenters. The number of hydrogen-bond donors (Lipinski definition) is 9. The molecule has 0 radical (unpaired) electrons. The summed E-state index contributed by atoms with van der Waals surface area (Å²) in [5.41, 5.74) is 2.52. The van der Waals surface area contributed by atoms with Crippen LogP contribution in [-0.2, 0) is 25.0 Å². The van der Waals surface area contributed by atoms with Gasteiger partial charge in [0, 0.05) is 6.54 Å². The van der Waals surface area contributed by atoms with Gasteiger partial charge >= 0.3 is 14.3 Å². The van der Waals surface area contributed by atoms with Gasteiger partial charge in [0.25, 0.3) is 0 Å². The summed E-state index contributed by atoms with van der Waals surface area (Å²) < 4.78 is 38.0. The summed E-state index contributed by atoms with van der Waals surface area (Å²) in [6.07, 6.45) is 4.98. The molecule has 19 nitrogen and oxygen atoms in total. The number of allylic oxidation sites excluding steroid dienone is 1. The summed E-state index contributed by atoms with van der Waals surface area (Å²) in [6, 6.07) is -1.61. The van der Waals surface area contributed by atoms with E-state index in [1.165, 1.54) is 29.9 Å². The average molecular weight is 742 g/mol. The number of aliphatic hydroxyl groups is 4. The molecule has 4 aromatic heterocycles. The molecule has 0 spiro atoms. The third kappa shape index (κ3) is 7.09. The molecule has 2 aliphatic heterocycles. The van der Waals surface area contributed by atoms with Crippen LogP contribution in [0.2, 0.25) is 0 Å². The van der Waals surface area contributed by atoms with Crippen molar-refractivity contribution in [2.45, 2.75) is 61.8 Å². The standard InChI is InChI=1S/C25H31N11O8P2S2/c37-6-13-16(33-45(41)47)19(39)24(43-13)35-10-31-15-12(27-8-29-22(15)35)4-2-1-3-5-26-21-18-23(30-9-28-21)36(11-32-18)25-20(40)17(34-46(42)48)14(7-38)44-25/h1,3,8-11,13-14,16-17,19-20,24-25,37-40H,2,4-7H2,(H3-2,26,28,30,33,34,41,42,47,48)/p+2/b3-1+/t13-,14-,16-,17-,19-,20-,24-,25-/m1/s1. The second-order valence-electron chi connectivity index (χ2n) is 10.9. The van der Waals surface area contributed by atoms with Gasteiger partial charge in [0.1, 0.15) is 79.2 Å². The number of nitrogens with one attached hydrogen (secondary N) is 3. The van der Waals surface area contributed by atoms with Gasteiger partial charge in [0.2, 0.25) is 0 Å². The first-order valence-electron chi connectivity index (χ1n) is 14.7. The van der Waals surface area contributed by atoms with E-state index in [2.05, 4.69) is 69.9 Å². The first-order valence-corrected chi connectivity index (χ1v) is 19.5. The predicted molar refractivity (Wildman–Crippen MR) is 178 cm³/mol. The molecule has 2 saturated heterocycles. The Morgan fingerprint density at radius 3 is 1.90 bits per heavy atom. The molecule has 0 saturated carbocycles. The number of thiol groups is 2. The number of aliphatic hydroxyl groups excluding tert-OH is 4. The molecule has 10 atom stereocenters. The van der Waals surface area contributed by atoms with Gasteiger partial charge in [-0.1, -0.05) is 22.3 Å². The van der Waals surface area contributed by atoms with Crippen LogP contribution in [0.4, 0.5) is 5.82 Å². The molecule has 4 aromatic rings. The zero-order valence-corrected chi connectivity index (χ0v) is 28.5. The van der Waals surface area contributed by atoms with Crippen LogP contribution in [0, 0.1) is 0 Å². The van der Waals surface area contributed by atoms with Crippen molar-refractivity contribution in [1.29, 1.82) is 0 Å². The van der Waals surface area contributed by atoms with Crippen LogP contribution in [0.5, 0.6) is 0 Å². The maximum absolute atomic E-state index is 11.6. The highest BCUT2D eigenvalue weighted by molar-refractivity contribution is 8.40. The molecule has 48 heavy (non-hydrogen) atoms. The maximum Gasteiger partial charge on any atom is 0.504 e. The smallest absolute Gasteiger partial charge is 0.394 e. The SMILES string of the molecule is O=[P+](S)N[C@H]1[C@@H](O)[C@H](n2cnc3c(CC/C=C/CNc4ncnc5c4ncn5[C@@H]4O[C@H](CO)[C@@H](N[P+](=O)S)[C@H]4O)ncnc32)O[C@@H]1CO. The van der Waals surface area contributed by atoms with Gasteiger partial charge in [0.15, 0.2) is 35.1 Å². The summed E-state index contributed by atoms with van der Waals surface area (Å²) in [7, 11) is -4.18. The molecule has 256 valence electrons. The van der Waals surface area contributed by atoms with Crippen molar-refractivity contribution in [2.24, 2.45) is 0 Å². The van der Waals surface area contributed by atoms with Crippen LogP contribution >= 0.6 is 38.8 Å². The fourth-order valence-electron chi connectivity index (χ4n) is 5.84. The van der Waals surface area contributed by atoms with E-state index < -0.39 is 76.5 Å². The van der Waals surface area contributed by atoms with Gasteiger partial charge in [-0.2, -0.15) is 0 Å². The van der Waals surface area contributed by atoms with Crippen LogP contribution in [0.25, 0.3) is 22.3 Å². The monoisotopic (exact) mass is 741 g/mol. The Kier molecular flexibility index (Phi) is 11.3. The Hall–Kier alpha value is -2.78. The summed E-state index contributed by atoms with van der Waals surface area (Å²) >= 11 is 7.70. The topological polar surface area (TPSA) is 257 Å². The fourth-order valence-corrected chi connectivity index (χ4v) is 7.79. The average Bonchev–Trinajstić information content (AvgIpc) is 3.83. The number of imidazole rings is 2. The minimum Gasteiger partial charge on any atom is -0.394 e. The minimum absolute atomic E-state index is 0.395. The van der Waals surface area contributed by atoms with Crippen molar-refractivity contribution in [1.82, 2.24) is 49.2 Å². The third-order valence-corrected chi connectivity index (χ3v) is 9.80. The van der Waals surface area contributed by atoms with Crippen LogP contribution in [-0.4, -0.2) is 116 Å². The molecule has 6 rings (SSSR count). The molecule has 0 aromatic carbocycles. The molecule has 0 bridgehead atoms. The van der Waals surface area contributed by atoms with Gasteiger partial charge in [-0.05, 0) is 22.0 Å². The molecular weight excluding hydrogens is 708 g/mol. The highest BCUT2D eigenvalue weighted by Crippen LogP contribution is 2.36. The highest BCUT2D eigenvalue weighted by atomic mass is 32.7. The first-order chi connectivity index (χ1) is 23.2. The van der Waals surface area contributed by atoms with E-state index in [1.54, 1.807) is 4.57 Å². The molecule has 0 amide bonds. The number of ether oxygens (including phenoxy) is 2. The minimum atomic E-state index is -2.09. The third-order valence-electron chi connectivity index (χ3n) is 8.07. The second-order valence-corrected chi connectivity index (χ2v) is 14.7. The largest absolute Gasteiger partial charge is 0.504 e. The van der Waals surface area contributed by atoms with Crippen molar-refractivity contribution < 1.29 is 39.0 Å². The van der Waals surface area contributed by atoms with Crippen LogP contribution in [0.3, 0.4) is 0 Å². The molecule has 6 heterocycles. The van der Waals surface area contributed by atoms with Crippen molar-refractivity contribution >= 4 is 67.0 Å². The highest BCUT2D eigenvalue weighted by Gasteiger charge is 2.49. The Morgan fingerprint density at radius 1 is 0.792 bits per heavy atom. The van der Waals surface area contributed by atoms with E-state index in [-0.39, 0.29) is 0 Å². The Labute approximate surface area is 284 Å². The Morgan fingerprint density at radius 2 is 1.33 bits per heavy atom. The lowest BCUT2D eigenvalue weighted by Gasteiger charge is -2.17. The lowest BCUT2D eigenvalue weighted by atomic mass is 10.1. The Balaban J connectivity index is 1.07. The number of nitrogens with zero attached hydrogens (tertiary/aromatic N) is 8. The van der Waals surface area contributed by atoms with E-state index in [4.69, 9.17) is 9.47 Å². The number of aryl methyl sites for hydroxylation is 1. The lowest BCUT2D eigenvalue weighted by molar-refractivity contribution is -0.0489. The van der Waals surface area contributed by atoms with Gasteiger partial charge in [-0.3, -0.25) is 9.13 Å². The van der Waals surface area contributed by atoms with Crippen molar-refractivity contribution in [3.63, 3.8) is 0 Å². The van der Waals surface area contributed by atoms with Crippen LogP contribution < -0.4 is 15.5 Å².